The first kappa shape index (κ1) is 20.0. The molecule has 1 aliphatic rings. The first-order valence-electron chi connectivity index (χ1n) is 10.1. The van der Waals surface area contributed by atoms with Gasteiger partial charge in [0.2, 0.25) is 17.7 Å². The SMILES string of the molecule is CCCc1noc(CCCC(=O)Nc2cccc(CN3CCCCC3=O)c2)n1. The first-order valence-corrected chi connectivity index (χ1v) is 10.1. The van der Waals surface area contributed by atoms with E-state index < -0.39 is 0 Å². The van der Waals surface area contributed by atoms with Crippen LogP contribution in [0.25, 0.3) is 0 Å². The summed E-state index contributed by atoms with van der Waals surface area (Å²) in [6.45, 7) is 3.48. The number of carbonyl (C=O) groups excluding carboxylic acids is 2. The zero-order valence-corrected chi connectivity index (χ0v) is 16.4. The van der Waals surface area contributed by atoms with E-state index in [0.29, 0.717) is 38.1 Å². The summed E-state index contributed by atoms with van der Waals surface area (Å²) < 4.78 is 5.19. The number of aromatic nitrogens is 2. The molecule has 0 saturated carbocycles. The normalized spacial score (nSPS) is 14.3. The third kappa shape index (κ3) is 5.90. The van der Waals surface area contributed by atoms with Gasteiger partial charge >= 0.3 is 0 Å². The smallest absolute Gasteiger partial charge is 0.226 e. The van der Waals surface area contributed by atoms with Crippen LogP contribution in [0.3, 0.4) is 0 Å². The van der Waals surface area contributed by atoms with Gasteiger partial charge in [0, 0.05) is 44.5 Å². The fourth-order valence-corrected chi connectivity index (χ4v) is 3.34. The average Bonchev–Trinajstić information content (AvgIpc) is 3.12. The summed E-state index contributed by atoms with van der Waals surface area (Å²) in [5.74, 6) is 1.48. The number of benzene rings is 1. The molecule has 1 aromatic carbocycles. The van der Waals surface area contributed by atoms with Gasteiger partial charge in [-0.2, -0.15) is 4.98 Å². The number of likely N-dealkylation sites (tertiary alicyclic amines) is 1. The summed E-state index contributed by atoms with van der Waals surface area (Å²) in [5.41, 5.74) is 1.79. The molecule has 0 bridgehead atoms. The highest BCUT2D eigenvalue weighted by Gasteiger charge is 2.18. The van der Waals surface area contributed by atoms with Crippen molar-refractivity contribution in [1.29, 1.82) is 0 Å². The number of carbonyl (C=O) groups is 2. The predicted molar refractivity (Wildman–Crippen MR) is 106 cm³/mol. The molecule has 2 amide bonds. The maximum absolute atomic E-state index is 12.2. The van der Waals surface area contributed by atoms with E-state index in [-0.39, 0.29) is 11.8 Å². The molecule has 0 unspecified atom stereocenters. The minimum Gasteiger partial charge on any atom is -0.339 e. The maximum Gasteiger partial charge on any atom is 0.226 e. The van der Waals surface area contributed by atoms with Crippen molar-refractivity contribution in [1.82, 2.24) is 15.0 Å². The standard InChI is InChI=1S/C21H28N4O3/c1-2-7-18-23-20(28-24-18)11-6-10-19(26)22-17-9-5-8-16(14-17)15-25-13-4-3-12-21(25)27/h5,8-9,14H,2-4,6-7,10-13,15H2,1H3,(H,22,26). The van der Waals surface area contributed by atoms with Gasteiger partial charge in [-0.15, -0.1) is 0 Å². The van der Waals surface area contributed by atoms with E-state index >= 15 is 0 Å². The van der Waals surface area contributed by atoms with Gasteiger partial charge in [-0.25, -0.2) is 0 Å². The minimum absolute atomic E-state index is 0.0421. The molecule has 150 valence electrons. The molecule has 0 radical (unpaired) electrons. The molecule has 0 spiro atoms. The largest absolute Gasteiger partial charge is 0.339 e. The molecule has 7 heteroatoms. The maximum atomic E-state index is 12.2. The van der Waals surface area contributed by atoms with Crippen molar-refractivity contribution in [2.45, 2.75) is 64.8 Å². The van der Waals surface area contributed by atoms with Gasteiger partial charge in [-0.1, -0.05) is 24.2 Å². The van der Waals surface area contributed by atoms with Gasteiger partial charge in [0.25, 0.3) is 0 Å². The fraction of sp³-hybridized carbons (Fsp3) is 0.524. The number of nitrogens with one attached hydrogen (secondary N) is 1. The highest BCUT2D eigenvalue weighted by molar-refractivity contribution is 5.90. The lowest BCUT2D eigenvalue weighted by atomic mass is 10.1. The number of nitrogens with zero attached hydrogens (tertiary/aromatic N) is 3. The lowest BCUT2D eigenvalue weighted by Gasteiger charge is -2.26. The van der Waals surface area contributed by atoms with Gasteiger partial charge in [-0.05, 0) is 43.4 Å². The van der Waals surface area contributed by atoms with Crippen LogP contribution in [0.5, 0.6) is 0 Å². The number of piperidine rings is 1. The molecule has 1 aromatic heterocycles. The van der Waals surface area contributed by atoms with E-state index in [4.69, 9.17) is 4.52 Å². The third-order valence-electron chi connectivity index (χ3n) is 4.78. The summed E-state index contributed by atoms with van der Waals surface area (Å²) in [6, 6.07) is 7.71. The number of aryl methyl sites for hydroxylation is 2. The van der Waals surface area contributed by atoms with Crippen LogP contribution in [0.4, 0.5) is 5.69 Å². The van der Waals surface area contributed by atoms with Crippen molar-refractivity contribution in [2.24, 2.45) is 0 Å². The molecule has 1 saturated heterocycles. The molecule has 1 aliphatic heterocycles. The Kier molecular flexibility index (Phi) is 7.17. The van der Waals surface area contributed by atoms with Crippen molar-refractivity contribution in [3.05, 3.63) is 41.5 Å². The highest BCUT2D eigenvalue weighted by atomic mass is 16.5. The summed E-state index contributed by atoms with van der Waals surface area (Å²) in [5, 5.41) is 6.85. The second-order valence-electron chi connectivity index (χ2n) is 7.23. The minimum atomic E-state index is -0.0421. The number of hydrogen-bond donors (Lipinski definition) is 1. The van der Waals surface area contributed by atoms with Crippen LogP contribution in [-0.2, 0) is 29.0 Å². The Labute approximate surface area is 165 Å². The van der Waals surface area contributed by atoms with Gasteiger partial charge in [0.05, 0.1) is 0 Å². The van der Waals surface area contributed by atoms with Crippen LogP contribution >= 0.6 is 0 Å². The zero-order chi connectivity index (χ0) is 19.8. The molecular formula is C21H28N4O3. The summed E-state index contributed by atoms with van der Waals surface area (Å²) >= 11 is 0. The Bertz CT molecular complexity index is 802. The number of amides is 2. The fourth-order valence-electron chi connectivity index (χ4n) is 3.34. The predicted octanol–water partition coefficient (Wildman–Crippen LogP) is 3.50. The Morgan fingerprint density at radius 2 is 2.18 bits per heavy atom. The number of rotatable bonds is 9. The van der Waals surface area contributed by atoms with Crippen molar-refractivity contribution in [3.8, 4) is 0 Å². The van der Waals surface area contributed by atoms with E-state index in [1.165, 1.54) is 0 Å². The molecule has 2 heterocycles. The monoisotopic (exact) mass is 384 g/mol. The van der Waals surface area contributed by atoms with Crippen LogP contribution < -0.4 is 5.32 Å². The topological polar surface area (TPSA) is 88.3 Å². The van der Waals surface area contributed by atoms with Crippen molar-refractivity contribution < 1.29 is 14.1 Å². The van der Waals surface area contributed by atoms with E-state index in [9.17, 15) is 9.59 Å². The Hall–Kier alpha value is -2.70. The van der Waals surface area contributed by atoms with Crippen LogP contribution in [-0.4, -0.2) is 33.4 Å². The quantitative estimate of drug-likeness (QED) is 0.715. The first-order chi connectivity index (χ1) is 13.6. The molecule has 0 aliphatic carbocycles. The average molecular weight is 384 g/mol. The Balaban J connectivity index is 1.45. The molecule has 7 nitrogen and oxygen atoms in total. The van der Waals surface area contributed by atoms with Gasteiger partial charge in [0.1, 0.15) is 0 Å². The van der Waals surface area contributed by atoms with Crippen LogP contribution in [0.1, 0.15) is 62.7 Å². The lowest BCUT2D eigenvalue weighted by Crippen LogP contribution is -2.34. The molecule has 3 rings (SSSR count). The van der Waals surface area contributed by atoms with E-state index in [1.807, 2.05) is 29.2 Å². The zero-order valence-electron chi connectivity index (χ0n) is 16.4. The lowest BCUT2D eigenvalue weighted by molar-refractivity contribution is -0.133. The van der Waals surface area contributed by atoms with Gasteiger partial charge in [-0.3, -0.25) is 9.59 Å². The van der Waals surface area contributed by atoms with E-state index in [2.05, 4.69) is 22.4 Å². The van der Waals surface area contributed by atoms with E-state index in [1.54, 1.807) is 0 Å². The van der Waals surface area contributed by atoms with Gasteiger partial charge < -0.3 is 14.7 Å². The second-order valence-corrected chi connectivity index (χ2v) is 7.23. The van der Waals surface area contributed by atoms with Crippen molar-refractivity contribution in [3.63, 3.8) is 0 Å². The number of anilines is 1. The Morgan fingerprint density at radius 1 is 1.29 bits per heavy atom. The van der Waals surface area contributed by atoms with Crippen molar-refractivity contribution in [2.75, 3.05) is 11.9 Å². The summed E-state index contributed by atoms with van der Waals surface area (Å²) in [4.78, 5) is 30.4. The Morgan fingerprint density at radius 3 is 3.00 bits per heavy atom. The highest BCUT2D eigenvalue weighted by Crippen LogP contribution is 2.17. The van der Waals surface area contributed by atoms with Crippen LogP contribution in [0.15, 0.2) is 28.8 Å². The summed E-state index contributed by atoms with van der Waals surface area (Å²) in [7, 11) is 0. The molecule has 28 heavy (non-hydrogen) atoms. The molecule has 2 aromatic rings. The molecule has 0 atom stereocenters. The number of hydrogen-bond acceptors (Lipinski definition) is 5. The third-order valence-corrected chi connectivity index (χ3v) is 4.78. The van der Waals surface area contributed by atoms with Gasteiger partial charge in [0.15, 0.2) is 5.82 Å². The van der Waals surface area contributed by atoms with Crippen molar-refractivity contribution >= 4 is 17.5 Å². The molecule has 1 fully saturated rings. The van der Waals surface area contributed by atoms with E-state index in [0.717, 1.165) is 49.3 Å². The second kappa shape index (κ2) is 10.0. The molecule has 1 N–H and O–H groups in total. The summed E-state index contributed by atoms with van der Waals surface area (Å²) in [6.07, 6.45) is 6.10. The van der Waals surface area contributed by atoms with Crippen LogP contribution in [0.2, 0.25) is 0 Å². The van der Waals surface area contributed by atoms with Crippen LogP contribution in [0, 0.1) is 0 Å². The molecular weight excluding hydrogens is 356 g/mol.